The molecule has 1 unspecified atom stereocenters. The molecule has 1 atom stereocenters. The molecular formula is C14H20ClNO. The quantitative estimate of drug-likeness (QED) is 0.775. The van der Waals surface area contributed by atoms with E-state index in [4.69, 9.17) is 16.4 Å². The molecule has 17 heavy (non-hydrogen) atoms. The highest BCUT2D eigenvalue weighted by atomic mass is 35.5. The van der Waals surface area contributed by atoms with Gasteiger partial charge >= 0.3 is 0 Å². The van der Waals surface area contributed by atoms with Crippen LogP contribution >= 0.6 is 11.6 Å². The lowest BCUT2D eigenvalue weighted by molar-refractivity contribution is -0.00464. The summed E-state index contributed by atoms with van der Waals surface area (Å²) in [7, 11) is 0. The van der Waals surface area contributed by atoms with Gasteiger partial charge in [-0.15, -0.1) is 0 Å². The second-order valence-electron chi connectivity index (χ2n) is 5.19. The Morgan fingerprint density at radius 2 is 1.94 bits per heavy atom. The van der Waals surface area contributed by atoms with Crippen LogP contribution in [0.1, 0.15) is 38.3 Å². The van der Waals surface area contributed by atoms with Gasteiger partial charge in [0.25, 0.3) is 0 Å². The fourth-order valence-corrected chi connectivity index (χ4v) is 1.97. The van der Waals surface area contributed by atoms with E-state index in [1.807, 2.05) is 12.1 Å². The van der Waals surface area contributed by atoms with Crippen molar-refractivity contribution >= 4 is 11.6 Å². The molecule has 1 fully saturated rings. The van der Waals surface area contributed by atoms with Crippen molar-refractivity contribution in [3.63, 3.8) is 0 Å². The summed E-state index contributed by atoms with van der Waals surface area (Å²) in [6, 6.07) is 8.35. The van der Waals surface area contributed by atoms with Crippen molar-refractivity contribution in [1.29, 1.82) is 0 Å². The third-order valence-electron chi connectivity index (χ3n) is 2.95. The van der Waals surface area contributed by atoms with Gasteiger partial charge in [0.15, 0.2) is 0 Å². The maximum atomic E-state index is 5.91. The molecule has 1 saturated carbocycles. The van der Waals surface area contributed by atoms with Crippen LogP contribution in [0.2, 0.25) is 5.02 Å². The standard InChI is InChI=1S/C14H20ClNO/c1-10(2)9-17-16-14(11-3-4-11)12-5-7-13(15)8-6-12/h5-8,10-11,14,16H,3-4,9H2,1-2H3. The zero-order chi connectivity index (χ0) is 12.3. The number of benzene rings is 1. The average molecular weight is 254 g/mol. The van der Waals surface area contributed by atoms with Crippen molar-refractivity contribution in [1.82, 2.24) is 5.48 Å². The molecular weight excluding hydrogens is 234 g/mol. The van der Waals surface area contributed by atoms with E-state index < -0.39 is 0 Å². The average Bonchev–Trinajstić information content (AvgIpc) is 3.10. The molecule has 0 amide bonds. The number of hydrogen-bond acceptors (Lipinski definition) is 2. The van der Waals surface area contributed by atoms with Crippen LogP contribution in [-0.2, 0) is 4.84 Å². The van der Waals surface area contributed by atoms with Crippen LogP contribution in [-0.4, -0.2) is 6.61 Å². The summed E-state index contributed by atoms with van der Waals surface area (Å²) in [5, 5.41) is 0.784. The topological polar surface area (TPSA) is 21.3 Å². The Bertz CT molecular complexity index is 346. The maximum Gasteiger partial charge on any atom is 0.0705 e. The Labute approximate surface area is 108 Å². The molecule has 1 N–H and O–H groups in total. The molecule has 1 aromatic rings. The van der Waals surface area contributed by atoms with Crippen molar-refractivity contribution in [3.8, 4) is 0 Å². The van der Waals surface area contributed by atoms with E-state index in [1.165, 1.54) is 18.4 Å². The molecule has 2 nitrogen and oxygen atoms in total. The first-order chi connectivity index (χ1) is 8.16. The molecule has 0 bridgehead atoms. The van der Waals surface area contributed by atoms with E-state index in [-0.39, 0.29) is 0 Å². The van der Waals surface area contributed by atoms with Gasteiger partial charge in [0, 0.05) is 5.02 Å². The van der Waals surface area contributed by atoms with E-state index in [0.717, 1.165) is 11.6 Å². The third-order valence-corrected chi connectivity index (χ3v) is 3.20. The van der Waals surface area contributed by atoms with Crippen LogP contribution in [0.25, 0.3) is 0 Å². The molecule has 1 aliphatic carbocycles. The minimum absolute atomic E-state index is 0.311. The van der Waals surface area contributed by atoms with Crippen molar-refractivity contribution < 1.29 is 4.84 Å². The van der Waals surface area contributed by atoms with Crippen molar-refractivity contribution in [3.05, 3.63) is 34.9 Å². The van der Waals surface area contributed by atoms with Crippen LogP contribution < -0.4 is 5.48 Å². The minimum Gasteiger partial charge on any atom is -0.301 e. The Hall–Kier alpha value is -0.570. The zero-order valence-corrected chi connectivity index (χ0v) is 11.2. The summed E-state index contributed by atoms with van der Waals surface area (Å²) in [5.41, 5.74) is 4.47. The van der Waals surface area contributed by atoms with Crippen LogP contribution in [0.4, 0.5) is 0 Å². The molecule has 1 aliphatic rings. The fourth-order valence-electron chi connectivity index (χ4n) is 1.84. The highest BCUT2D eigenvalue weighted by Crippen LogP contribution is 2.41. The highest BCUT2D eigenvalue weighted by Gasteiger charge is 2.32. The van der Waals surface area contributed by atoms with E-state index in [1.54, 1.807) is 0 Å². The highest BCUT2D eigenvalue weighted by molar-refractivity contribution is 6.30. The van der Waals surface area contributed by atoms with E-state index in [9.17, 15) is 0 Å². The summed E-state index contributed by atoms with van der Waals surface area (Å²) in [6.45, 7) is 5.04. The lowest BCUT2D eigenvalue weighted by Gasteiger charge is -2.19. The van der Waals surface area contributed by atoms with Crippen molar-refractivity contribution in [2.24, 2.45) is 11.8 Å². The number of hydroxylamine groups is 1. The number of rotatable bonds is 6. The second-order valence-corrected chi connectivity index (χ2v) is 5.63. The van der Waals surface area contributed by atoms with E-state index in [2.05, 4.69) is 31.5 Å². The first-order valence-corrected chi connectivity index (χ1v) is 6.67. The smallest absolute Gasteiger partial charge is 0.0705 e. The molecule has 0 radical (unpaired) electrons. The first kappa shape index (κ1) is 12.9. The Morgan fingerprint density at radius 3 is 2.47 bits per heavy atom. The first-order valence-electron chi connectivity index (χ1n) is 6.29. The lowest BCUT2D eigenvalue weighted by Crippen LogP contribution is -2.25. The fraction of sp³-hybridized carbons (Fsp3) is 0.571. The summed E-state index contributed by atoms with van der Waals surface area (Å²) in [4.78, 5) is 5.56. The molecule has 0 aliphatic heterocycles. The third kappa shape index (κ3) is 3.98. The normalized spacial score (nSPS) is 17.4. The number of halogens is 1. The van der Waals surface area contributed by atoms with Crippen molar-refractivity contribution in [2.45, 2.75) is 32.7 Å². The zero-order valence-electron chi connectivity index (χ0n) is 10.4. The van der Waals surface area contributed by atoms with Gasteiger partial charge in [-0.05, 0) is 42.4 Å². The molecule has 94 valence electrons. The summed E-state index contributed by atoms with van der Waals surface area (Å²) < 4.78 is 0. The predicted octanol–water partition coefficient (Wildman–Crippen LogP) is 3.97. The van der Waals surface area contributed by atoms with Gasteiger partial charge in [-0.2, -0.15) is 5.48 Å². The van der Waals surface area contributed by atoms with E-state index >= 15 is 0 Å². The summed E-state index contributed by atoms with van der Waals surface area (Å²) in [6.07, 6.45) is 2.57. The molecule has 2 rings (SSSR count). The molecule has 0 aromatic heterocycles. The van der Waals surface area contributed by atoms with Gasteiger partial charge in [0.05, 0.1) is 12.6 Å². The molecule has 3 heteroatoms. The van der Waals surface area contributed by atoms with Crippen LogP contribution in [0.3, 0.4) is 0 Å². The van der Waals surface area contributed by atoms with Crippen molar-refractivity contribution in [2.75, 3.05) is 6.61 Å². The lowest BCUT2D eigenvalue weighted by atomic mass is 10.0. The van der Waals surface area contributed by atoms with Gasteiger partial charge in [-0.25, -0.2) is 0 Å². The van der Waals surface area contributed by atoms with Gasteiger partial charge in [0.1, 0.15) is 0 Å². The number of hydrogen-bond donors (Lipinski definition) is 1. The van der Waals surface area contributed by atoms with Gasteiger partial charge in [-0.1, -0.05) is 37.6 Å². The number of nitrogens with one attached hydrogen (secondary N) is 1. The van der Waals surface area contributed by atoms with Crippen LogP contribution in [0.5, 0.6) is 0 Å². The van der Waals surface area contributed by atoms with E-state index in [0.29, 0.717) is 17.9 Å². The Morgan fingerprint density at radius 1 is 1.29 bits per heavy atom. The summed E-state index contributed by atoms with van der Waals surface area (Å²) >= 11 is 5.91. The van der Waals surface area contributed by atoms with Gasteiger partial charge < -0.3 is 4.84 Å². The van der Waals surface area contributed by atoms with Gasteiger partial charge in [-0.3, -0.25) is 0 Å². The predicted molar refractivity (Wildman–Crippen MR) is 70.8 cm³/mol. The second kappa shape index (κ2) is 5.85. The van der Waals surface area contributed by atoms with Crippen LogP contribution in [0, 0.1) is 11.8 Å². The van der Waals surface area contributed by atoms with Crippen LogP contribution in [0.15, 0.2) is 24.3 Å². The monoisotopic (exact) mass is 253 g/mol. The van der Waals surface area contributed by atoms with Gasteiger partial charge in [0.2, 0.25) is 0 Å². The SMILES string of the molecule is CC(C)CONC(c1ccc(Cl)cc1)C1CC1. The Balaban J connectivity index is 1.94. The molecule has 1 aromatic carbocycles. The minimum atomic E-state index is 0.311. The molecule has 0 saturated heterocycles. The largest absolute Gasteiger partial charge is 0.301 e. The Kier molecular flexibility index (Phi) is 4.43. The maximum absolute atomic E-state index is 5.91. The molecule has 0 heterocycles. The summed E-state index contributed by atoms with van der Waals surface area (Å²) in [5.74, 6) is 1.26. The molecule has 0 spiro atoms.